The van der Waals surface area contributed by atoms with Crippen molar-refractivity contribution >= 4 is 71.7 Å². The summed E-state index contributed by atoms with van der Waals surface area (Å²) in [5.74, 6) is 0. The third-order valence-electron chi connectivity index (χ3n) is 7.47. The molecule has 0 aliphatic rings. The van der Waals surface area contributed by atoms with Crippen molar-refractivity contribution in [2.45, 2.75) is 0 Å². The molecule has 5 heteroatoms. The SMILES string of the molecule is O=c1c2ccc(NN=Cc3c4ccccc4cc4ccccc34)c3cccc(c32)c2nc3ccccc3n12. The molecule has 0 unspecified atom stereocenters. The molecular formula is C33H20N4O. The lowest BCUT2D eigenvalue weighted by Gasteiger charge is -2.11. The fraction of sp³-hybridized carbons (Fsp3) is 0. The van der Waals surface area contributed by atoms with E-state index in [4.69, 9.17) is 4.98 Å². The topological polar surface area (TPSA) is 58.8 Å². The van der Waals surface area contributed by atoms with E-state index in [1.54, 1.807) is 4.40 Å². The van der Waals surface area contributed by atoms with Crippen LogP contribution >= 0.6 is 0 Å². The summed E-state index contributed by atoms with van der Waals surface area (Å²) in [6, 6.07) is 36.6. The second-order valence-corrected chi connectivity index (χ2v) is 9.56. The molecule has 2 heterocycles. The van der Waals surface area contributed by atoms with Crippen LogP contribution in [0.5, 0.6) is 0 Å². The molecule has 178 valence electrons. The van der Waals surface area contributed by atoms with Crippen molar-refractivity contribution in [3.05, 3.63) is 125 Å². The fourth-order valence-corrected chi connectivity index (χ4v) is 5.76. The lowest BCUT2D eigenvalue weighted by Crippen LogP contribution is -2.13. The van der Waals surface area contributed by atoms with Gasteiger partial charge in [-0.1, -0.05) is 78.9 Å². The van der Waals surface area contributed by atoms with Gasteiger partial charge in [-0.25, -0.2) is 4.98 Å². The minimum Gasteiger partial charge on any atom is -0.278 e. The summed E-state index contributed by atoms with van der Waals surface area (Å²) in [5, 5.41) is 12.8. The minimum absolute atomic E-state index is 0.0605. The van der Waals surface area contributed by atoms with Crippen LogP contribution in [0, 0.1) is 0 Å². The molecule has 0 atom stereocenters. The van der Waals surface area contributed by atoms with Crippen molar-refractivity contribution in [3.63, 3.8) is 0 Å². The van der Waals surface area contributed by atoms with Gasteiger partial charge in [-0.15, -0.1) is 0 Å². The molecule has 0 spiro atoms. The van der Waals surface area contributed by atoms with Crippen molar-refractivity contribution in [2.75, 3.05) is 5.43 Å². The van der Waals surface area contributed by atoms with Crippen LogP contribution in [0.1, 0.15) is 5.56 Å². The first-order valence-electron chi connectivity index (χ1n) is 12.6. The summed E-state index contributed by atoms with van der Waals surface area (Å²) in [4.78, 5) is 18.4. The Labute approximate surface area is 216 Å². The van der Waals surface area contributed by atoms with Gasteiger partial charge in [-0.05, 0) is 51.9 Å². The summed E-state index contributed by atoms with van der Waals surface area (Å²) in [6.45, 7) is 0. The standard InChI is InChI=1S/C33H20N4O/c38-33-26-16-17-28(24-12-7-13-25(31(24)26)32-35-29-14-5-6-15-30(29)37(32)33)36-34-19-27-22-10-3-1-8-20(22)18-21-9-2-4-11-23(21)27/h1-19,36H. The number of anilines is 1. The van der Waals surface area contributed by atoms with E-state index < -0.39 is 0 Å². The first-order chi connectivity index (χ1) is 18.8. The Hall–Kier alpha value is -5.29. The molecule has 6 aromatic carbocycles. The van der Waals surface area contributed by atoms with Gasteiger partial charge < -0.3 is 0 Å². The lowest BCUT2D eigenvalue weighted by molar-refractivity contribution is 1.19. The molecule has 0 fully saturated rings. The van der Waals surface area contributed by atoms with Crippen molar-refractivity contribution in [1.29, 1.82) is 0 Å². The number of nitrogens with zero attached hydrogens (tertiary/aromatic N) is 3. The van der Waals surface area contributed by atoms with Crippen LogP contribution in [-0.2, 0) is 0 Å². The Bertz CT molecular complexity index is 2240. The molecule has 5 nitrogen and oxygen atoms in total. The van der Waals surface area contributed by atoms with Crippen LogP contribution in [0.15, 0.2) is 119 Å². The molecule has 0 saturated carbocycles. The third kappa shape index (κ3) is 2.90. The maximum atomic E-state index is 13.6. The number of fused-ring (bicyclic) bond motifs is 6. The van der Waals surface area contributed by atoms with E-state index in [9.17, 15) is 4.79 Å². The minimum atomic E-state index is -0.0605. The van der Waals surface area contributed by atoms with Gasteiger partial charge in [0.2, 0.25) is 0 Å². The molecule has 0 saturated heterocycles. The smallest absolute Gasteiger partial charge is 0.264 e. The number of benzene rings is 6. The summed E-state index contributed by atoms with van der Waals surface area (Å²) in [5.41, 5.74) is 7.42. The number of hydrogen-bond acceptors (Lipinski definition) is 4. The number of pyridine rings is 1. The van der Waals surface area contributed by atoms with Crippen molar-refractivity contribution in [3.8, 4) is 0 Å². The summed E-state index contributed by atoms with van der Waals surface area (Å²) < 4.78 is 1.73. The highest BCUT2D eigenvalue weighted by Crippen LogP contribution is 2.34. The summed E-state index contributed by atoms with van der Waals surface area (Å²) >= 11 is 0. The molecule has 8 rings (SSSR count). The fourth-order valence-electron chi connectivity index (χ4n) is 5.76. The van der Waals surface area contributed by atoms with Crippen LogP contribution in [-0.4, -0.2) is 15.6 Å². The first kappa shape index (κ1) is 20.9. The Balaban J connectivity index is 1.31. The average molecular weight is 489 g/mol. The molecule has 8 aromatic rings. The first-order valence-corrected chi connectivity index (χ1v) is 12.6. The van der Waals surface area contributed by atoms with Crippen LogP contribution in [0.3, 0.4) is 0 Å². The van der Waals surface area contributed by atoms with Crippen molar-refractivity contribution in [1.82, 2.24) is 9.38 Å². The van der Waals surface area contributed by atoms with E-state index in [1.165, 1.54) is 10.8 Å². The zero-order valence-electron chi connectivity index (χ0n) is 20.2. The van der Waals surface area contributed by atoms with Gasteiger partial charge in [-0.3, -0.25) is 14.6 Å². The molecule has 0 aliphatic carbocycles. The van der Waals surface area contributed by atoms with Crippen molar-refractivity contribution < 1.29 is 0 Å². The monoisotopic (exact) mass is 488 g/mol. The molecule has 38 heavy (non-hydrogen) atoms. The van der Waals surface area contributed by atoms with E-state index in [2.05, 4.69) is 65.1 Å². The van der Waals surface area contributed by atoms with E-state index >= 15 is 0 Å². The predicted molar refractivity (Wildman–Crippen MR) is 158 cm³/mol. The van der Waals surface area contributed by atoms with Gasteiger partial charge in [0.25, 0.3) is 5.56 Å². The molecule has 0 radical (unpaired) electrons. The van der Waals surface area contributed by atoms with Crippen molar-refractivity contribution in [2.24, 2.45) is 5.10 Å². The molecule has 0 aliphatic heterocycles. The Morgan fingerprint density at radius 3 is 2.18 bits per heavy atom. The van der Waals surface area contributed by atoms with Gasteiger partial charge in [0.05, 0.1) is 22.9 Å². The number of para-hydroxylation sites is 2. The average Bonchev–Trinajstić information content (AvgIpc) is 3.36. The zero-order chi connectivity index (χ0) is 25.2. The number of hydrazone groups is 1. The highest BCUT2D eigenvalue weighted by molar-refractivity contribution is 6.19. The Morgan fingerprint density at radius 2 is 1.37 bits per heavy atom. The van der Waals surface area contributed by atoms with Crippen LogP contribution in [0.4, 0.5) is 5.69 Å². The summed E-state index contributed by atoms with van der Waals surface area (Å²) in [7, 11) is 0. The quantitative estimate of drug-likeness (QED) is 0.161. The second-order valence-electron chi connectivity index (χ2n) is 9.56. The van der Waals surface area contributed by atoms with Gasteiger partial charge in [0.15, 0.2) is 0 Å². The summed E-state index contributed by atoms with van der Waals surface area (Å²) in [6.07, 6.45) is 1.89. The Morgan fingerprint density at radius 1 is 0.684 bits per heavy atom. The molecular weight excluding hydrogens is 468 g/mol. The molecule has 0 amide bonds. The van der Waals surface area contributed by atoms with Gasteiger partial charge >= 0.3 is 0 Å². The van der Waals surface area contributed by atoms with E-state index in [-0.39, 0.29) is 5.56 Å². The number of nitrogens with one attached hydrogen (secondary N) is 1. The number of aromatic nitrogens is 2. The highest BCUT2D eigenvalue weighted by atomic mass is 16.1. The highest BCUT2D eigenvalue weighted by Gasteiger charge is 2.17. The maximum Gasteiger partial charge on any atom is 0.264 e. The van der Waals surface area contributed by atoms with Gasteiger partial charge in [-0.2, -0.15) is 5.10 Å². The van der Waals surface area contributed by atoms with E-state index in [1.807, 2.05) is 60.8 Å². The van der Waals surface area contributed by atoms with Crippen LogP contribution in [0.2, 0.25) is 0 Å². The number of rotatable bonds is 3. The predicted octanol–water partition coefficient (Wildman–Crippen LogP) is 7.34. The van der Waals surface area contributed by atoms with E-state index in [0.29, 0.717) is 11.0 Å². The largest absolute Gasteiger partial charge is 0.278 e. The van der Waals surface area contributed by atoms with Gasteiger partial charge in [0.1, 0.15) is 5.65 Å². The third-order valence-corrected chi connectivity index (χ3v) is 7.47. The van der Waals surface area contributed by atoms with E-state index in [0.717, 1.165) is 49.2 Å². The molecule has 1 N–H and O–H groups in total. The lowest BCUT2D eigenvalue weighted by atomic mass is 9.97. The maximum absolute atomic E-state index is 13.6. The zero-order valence-corrected chi connectivity index (χ0v) is 20.2. The Kier molecular flexibility index (Phi) is 4.31. The van der Waals surface area contributed by atoms with Gasteiger partial charge in [0, 0.05) is 27.1 Å². The second kappa shape index (κ2) is 7.85. The molecule has 2 aromatic heterocycles. The molecule has 0 bridgehead atoms. The number of imidazole rings is 1. The number of hydrogen-bond donors (Lipinski definition) is 1. The normalized spacial score (nSPS) is 12.2. The van der Waals surface area contributed by atoms with Crippen LogP contribution in [0.25, 0.3) is 59.8 Å². The van der Waals surface area contributed by atoms with Crippen LogP contribution < -0.4 is 11.0 Å².